The number of hydrogen-bond donors (Lipinski definition) is 0. The van der Waals surface area contributed by atoms with Gasteiger partial charge in [-0.25, -0.2) is 0 Å². The van der Waals surface area contributed by atoms with Crippen molar-refractivity contribution in [3.8, 4) is 22.3 Å². The molecule has 1 nitrogen and oxygen atoms in total. The first-order valence-corrected chi connectivity index (χ1v) is 14.4. The van der Waals surface area contributed by atoms with Crippen molar-refractivity contribution in [2.75, 3.05) is 0 Å². The highest BCUT2D eigenvalue weighted by molar-refractivity contribution is 7.26. The molecule has 0 unspecified atom stereocenters. The Kier molecular flexibility index (Phi) is 4.55. The first-order valence-electron chi connectivity index (χ1n) is 13.6. The molecule has 0 saturated heterocycles. The number of thiophene rings is 1. The van der Waals surface area contributed by atoms with Crippen LogP contribution >= 0.6 is 11.3 Å². The Bertz CT molecular complexity index is 2370. The van der Waals surface area contributed by atoms with Gasteiger partial charge in [0.05, 0.1) is 4.70 Å². The number of benzene rings is 7. The second-order valence-corrected chi connectivity index (χ2v) is 11.5. The van der Waals surface area contributed by atoms with E-state index in [-0.39, 0.29) is 0 Å². The number of fused-ring (bicyclic) bond motifs is 9. The van der Waals surface area contributed by atoms with Crippen molar-refractivity contribution in [3.63, 3.8) is 0 Å². The first-order chi connectivity index (χ1) is 19.8. The lowest BCUT2D eigenvalue weighted by Crippen LogP contribution is -1.90. The van der Waals surface area contributed by atoms with E-state index < -0.39 is 0 Å². The number of hydrogen-bond acceptors (Lipinski definition) is 2. The van der Waals surface area contributed by atoms with Crippen molar-refractivity contribution in [1.82, 2.24) is 0 Å². The summed E-state index contributed by atoms with van der Waals surface area (Å²) in [6.45, 7) is 0. The molecule has 0 fully saturated rings. The average Bonchev–Trinajstić information content (AvgIpc) is 3.58. The smallest absolute Gasteiger partial charge is 0.153 e. The molecule has 0 N–H and O–H groups in total. The standard InChI is InChI=1S/C38H22OS/c1-2-10-23(11-3-1)35-27-13-4-6-15-29(27)36(30-16-7-5-14-28(30)35)24-18-19-26-32-21-20-31-25-12-8-9-17-33(25)39-37(31)38(32)40-34(26)22-24/h1-22H. The average molecular weight is 527 g/mol. The molecular formula is C38H22OS. The summed E-state index contributed by atoms with van der Waals surface area (Å²) in [5.41, 5.74) is 7.01. The Balaban J connectivity index is 1.36. The van der Waals surface area contributed by atoms with E-state index in [1.165, 1.54) is 74.7 Å². The summed E-state index contributed by atoms with van der Waals surface area (Å²) in [7, 11) is 0. The first kappa shape index (κ1) is 22.0. The third-order valence-corrected chi connectivity index (χ3v) is 9.43. The summed E-state index contributed by atoms with van der Waals surface area (Å²) < 4.78 is 8.89. The number of para-hydroxylation sites is 1. The molecule has 0 aliphatic rings. The molecule has 9 rings (SSSR count). The van der Waals surface area contributed by atoms with Crippen molar-refractivity contribution in [2.45, 2.75) is 0 Å². The van der Waals surface area contributed by atoms with Crippen molar-refractivity contribution in [3.05, 3.63) is 133 Å². The molecule has 0 aliphatic heterocycles. The van der Waals surface area contributed by atoms with Crippen molar-refractivity contribution >= 4 is 75.0 Å². The van der Waals surface area contributed by atoms with Crippen LogP contribution in [0.3, 0.4) is 0 Å². The molecule has 2 heteroatoms. The van der Waals surface area contributed by atoms with Gasteiger partial charge in [0.2, 0.25) is 0 Å². The SMILES string of the molecule is c1ccc(-c2c3ccccc3c(-c3ccc4c(c3)sc3c4ccc4c5ccccc5oc43)c3ccccc23)cc1. The molecule has 0 bridgehead atoms. The molecule has 40 heavy (non-hydrogen) atoms. The predicted molar refractivity (Wildman–Crippen MR) is 172 cm³/mol. The van der Waals surface area contributed by atoms with Crippen LogP contribution in [0, 0.1) is 0 Å². The quantitative estimate of drug-likeness (QED) is 0.204. The van der Waals surface area contributed by atoms with Crippen LogP contribution in [0.1, 0.15) is 0 Å². The molecule has 2 heterocycles. The van der Waals surface area contributed by atoms with E-state index in [1.807, 2.05) is 17.4 Å². The largest absolute Gasteiger partial charge is 0.455 e. The summed E-state index contributed by atoms with van der Waals surface area (Å²) in [5.74, 6) is 0. The zero-order valence-corrected chi connectivity index (χ0v) is 22.3. The van der Waals surface area contributed by atoms with Gasteiger partial charge in [-0.15, -0.1) is 11.3 Å². The van der Waals surface area contributed by atoms with E-state index >= 15 is 0 Å². The van der Waals surface area contributed by atoms with E-state index in [0.29, 0.717) is 0 Å². The van der Waals surface area contributed by atoms with Gasteiger partial charge in [0, 0.05) is 26.2 Å². The predicted octanol–water partition coefficient (Wildman–Crippen LogP) is 11.6. The minimum absolute atomic E-state index is 0.944. The minimum atomic E-state index is 0.944. The third-order valence-electron chi connectivity index (χ3n) is 8.27. The lowest BCUT2D eigenvalue weighted by Gasteiger charge is -2.17. The van der Waals surface area contributed by atoms with Gasteiger partial charge in [0.25, 0.3) is 0 Å². The summed E-state index contributed by atoms with van der Waals surface area (Å²) >= 11 is 1.83. The van der Waals surface area contributed by atoms with Gasteiger partial charge < -0.3 is 4.42 Å². The molecule has 0 radical (unpaired) electrons. The maximum Gasteiger partial charge on any atom is 0.153 e. The van der Waals surface area contributed by atoms with Gasteiger partial charge in [-0.3, -0.25) is 0 Å². The van der Waals surface area contributed by atoms with Gasteiger partial charge in [-0.1, -0.05) is 115 Å². The number of rotatable bonds is 2. The molecule has 0 atom stereocenters. The maximum absolute atomic E-state index is 6.39. The summed E-state index contributed by atoms with van der Waals surface area (Å²) in [6, 6.07) is 48.3. The normalized spacial score (nSPS) is 12.0. The molecule has 186 valence electrons. The van der Waals surface area contributed by atoms with Crippen LogP contribution in [0.5, 0.6) is 0 Å². The Morgan fingerprint density at radius 1 is 0.400 bits per heavy atom. The molecule has 0 spiro atoms. The van der Waals surface area contributed by atoms with Crippen LogP contribution in [0.25, 0.3) is 85.9 Å². The van der Waals surface area contributed by atoms with Gasteiger partial charge in [-0.05, 0) is 62.0 Å². The van der Waals surface area contributed by atoms with E-state index in [4.69, 9.17) is 4.42 Å². The van der Waals surface area contributed by atoms with E-state index in [2.05, 4.69) is 127 Å². The Morgan fingerprint density at radius 2 is 0.950 bits per heavy atom. The topological polar surface area (TPSA) is 13.1 Å². The van der Waals surface area contributed by atoms with Crippen LogP contribution in [0.2, 0.25) is 0 Å². The maximum atomic E-state index is 6.39. The summed E-state index contributed by atoms with van der Waals surface area (Å²) in [5, 5.41) is 10.0. The van der Waals surface area contributed by atoms with Gasteiger partial charge in [0.15, 0.2) is 5.58 Å². The van der Waals surface area contributed by atoms with Crippen LogP contribution < -0.4 is 0 Å². The molecule has 2 aromatic heterocycles. The van der Waals surface area contributed by atoms with Crippen LogP contribution in [0.4, 0.5) is 0 Å². The van der Waals surface area contributed by atoms with E-state index in [1.54, 1.807) is 0 Å². The second-order valence-electron chi connectivity index (χ2n) is 10.4. The highest BCUT2D eigenvalue weighted by atomic mass is 32.1. The molecule has 0 amide bonds. The van der Waals surface area contributed by atoms with Crippen LogP contribution in [0.15, 0.2) is 138 Å². The zero-order chi connectivity index (χ0) is 26.2. The lowest BCUT2D eigenvalue weighted by molar-refractivity contribution is 0.673. The monoisotopic (exact) mass is 526 g/mol. The molecule has 7 aromatic carbocycles. The summed E-state index contributed by atoms with van der Waals surface area (Å²) in [6.07, 6.45) is 0. The molecular weight excluding hydrogens is 504 g/mol. The zero-order valence-electron chi connectivity index (χ0n) is 21.5. The highest BCUT2D eigenvalue weighted by Crippen LogP contribution is 2.46. The Morgan fingerprint density at radius 3 is 1.65 bits per heavy atom. The fraction of sp³-hybridized carbons (Fsp3) is 0. The van der Waals surface area contributed by atoms with Crippen molar-refractivity contribution in [1.29, 1.82) is 0 Å². The highest BCUT2D eigenvalue weighted by Gasteiger charge is 2.18. The van der Waals surface area contributed by atoms with Crippen LogP contribution in [-0.2, 0) is 0 Å². The van der Waals surface area contributed by atoms with Gasteiger partial charge in [0.1, 0.15) is 5.58 Å². The minimum Gasteiger partial charge on any atom is -0.455 e. The molecule has 0 aliphatic carbocycles. The van der Waals surface area contributed by atoms with Gasteiger partial charge in [-0.2, -0.15) is 0 Å². The number of furan rings is 1. The van der Waals surface area contributed by atoms with Crippen LogP contribution in [-0.4, -0.2) is 0 Å². The Hall–Kier alpha value is -4.92. The van der Waals surface area contributed by atoms with E-state index in [0.717, 1.165) is 11.2 Å². The fourth-order valence-corrected chi connectivity index (χ4v) is 7.75. The molecule has 0 saturated carbocycles. The van der Waals surface area contributed by atoms with Crippen molar-refractivity contribution < 1.29 is 4.42 Å². The second kappa shape index (κ2) is 8.29. The third kappa shape index (κ3) is 3.03. The Labute approximate surface area is 234 Å². The lowest BCUT2D eigenvalue weighted by atomic mass is 9.86. The fourth-order valence-electron chi connectivity index (χ4n) is 6.53. The molecule has 9 aromatic rings. The van der Waals surface area contributed by atoms with Crippen molar-refractivity contribution in [2.24, 2.45) is 0 Å². The van der Waals surface area contributed by atoms with Gasteiger partial charge >= 0.3 is 0 Å². The summed E-state index contributed by atoms with van der Waals surface area (Å²) in [4.78, 5) is 0. The van der Waals surface area contributed by atoms with E-state index in [9.17, 15) is 0 Å².